The molecule has 6 heteroatoms. The third-order valence-corrected chi connectivity index (χ3v) is 6.51. The number of aromatic nitrogens is 1. The van der Waals surface area contributed by atoms with Gasteiger partial charge in [0.1, 0.15) is 0 Å². The van der Waals surface area contributed by atoms with Gasteiger partial charge in [-0.15, -0.1) is 11.8 Å². The molecule has 1 aliphatic heterocycles. The van der Waals surface area contributed by atoms with Crippen LogP contribution in [0.5, 0.6) is 0 Å². The van der Waals surface area contributed by atoms with E-state index in [4.69, 9.17) is 0 Å². The van der Waals surface area contributed by atoms with E-state index in [1.807, 2.05) is 19.2 Å². The van der Waals surface area contributed by atoms with E-state index in [9.17, 15) is 9.90 Å². The number of carboxylic acids is 1. The van der Waals surface area contributed by atoms with Gasteiger partial charge in [-0.3, -0.25) is 14.1 Å². The molecule has 4 nitrogen and oxygen atoms in total. The number of thioether (sulfide) groups is 1. The normalized spacial score (nSPS) is 25.9. The van der Waals surface area contributed by atoms with E-state index in [0.717, 1.165) is 36.1 Å². The maximum Gasteiger partial charge on any atom is 0.312 e. The summed E-state index contributed by atoms with van der Waals surface area (Å²) in [5.74, 6) is -1.20. The summed E-state index contributed by atoms with van der Waals surface area (Å²) in [5, 5.41) is 9.79. The first-order valence-electron chi connectivity index (χ1n) is 8.24. The SMILES string of the molecule is CN(S)Cc1cccnc1C1SC2=C(CC(C)(C)CC2)C1C(=O)O. The van der Waals surface area contributed by atoms with E-state index in [1.165, 1.54) is 4.91 Å². The molecule has 2 unspecified atom stereocenters. The van der Waals surface area contributed by atoms with E-state index in [2.05, 4.69) is 31.6 Å². The lowest BCUT2D eigenvalue weighted by atomic mass is 9.73. The zero-order valence-corrected chi connectivity index (χ0v) is 16.0. The van der Waals surface area contributed by atoms with Crippen molar-refractivity contribution in [2.24, 2.45) is 11.3 Å². The summed E-state index contributed by atoms with van der Waals surface area (Å²) in [6.45, 7) is 5.11. The highest BCUT2D eigenvalue weighted by Crippen LogP contribution is 2.58. The van der Waals surface area contributed by atoms with Crippen LogP contribution in [-0.4, -0.2) is 27.4 Å². The van der Waals surface area contributed by atoms with Crippen molar-refractivity contribution in [1.29, 1.82) is 0 Å². The van der Waals surface area contributed by atoms with Gasteiger partial charge in [-0.25, -0.2) is 0 Å². The van der Waals surface area contributed by atoms with E-state index in [-0.39, 0.29) is 10.7 Å². The van der Waals surface area contributed by atoms with Crippen LogP contribution in [0.2, 0.25) is 0 Å². The molecule has 0 amide bonds. The number of carbonyl (C=O) groups is 1. The molecule has 2 heterocycles. The number of pyridine rings is 1. The van der Waals surface area contributed by atoms with Gasteiger partial charge in [-0.2, -0.15) is 0 Å². The van der Waals surface area contributed by atoms with Gasteiger partial charge in [-0.05, 0) is 53.8 Å². The minimum Gasteiger partial charge on any atom is -0.481 e. The maximum atomic E-state index is 12.1. The van der Waals surface area contributed by atoms with Crippen LogP contribution in [0.4, 0.5) is 0 Å². The van der Waals surface area contributed by atoms with Crippen LogP contribution in [0, 0.1) is 11.3 Å². The van der Waals surface area contributed by atoms with Gasteiger partial charge in [0.05, 0.1) is 16.9 Å². The van der Waals surface area contributed by atoms with Gasteiger partial charge < -0.3 is 5.11 Å². The Kier molecular flexibility index (Phi) is 5.00. The molecule has 1 N–H and O–H groups in total. The van der Waals surface area contributed by atoms with Crippen molar-refractivity contribution >= 4 is 30.5 Å². The number of carboxylic acid groups (broad SMARTS) is 1. The van der Waals surface area contributed by atoms with Crippen LogP contribution in [0.3, 0.4) is 0 Å². The highest BCUT2D eigenvalue weighted by atomic mass is 32.2. The van der Waals surface area contributed by atoms with Crippen molar-refractivity contribution in [2.75, 3.05) is 7.05 Å². The van der Waals surface area contributed by atoms with Crippen LogP contribution in [0.25, 0.3) is 0 Å². The Balaban J connectivity index is 1.97. The largest absolute Gasteiger partial charge is 0.481 e. The molecule has 1 aliphatic carbocycles. The fourth-order valence-electron chi connectivity index (χ4n) is 3.72. The molecule has 0 saturated heterocycles. The number of hydrogen-bond acceptors (Lipinski definition) is 5. The van der Waals surface area contributed by atoms with Gasteiger partial charge in [0.2, 0.25) is 0 Å². The van der Waals surface area contributed by atoms with Crippen LogP contribution in [-0.2, 0) is 11.3 Å². The lowest BCUT2D eigenvalue weighted by molar-refractivity contribution is -0.140. The zero-order valence-electron chi connectivity index (χ0n) is 14.3. The first kappa shape index (κ1) is 17.8. The zero-order chi connectivity index (χ0) is 17.5. The molecular weight excluding hydrogens is 340 g/mol. The maximum absolute atomic E-state index is 12.1. The van der Waals surface area contributed by atoms with Crippen molar-refractivity contribution in [1.82, 2.24) is 9.29 Å². The van der Waals surface area contributed by atoms with Gasteiger partial charge >= 0.3 is 5.97 Å². The van der Waals surface area contributed by atoms with E-state index >= 15 is 0 Å². The minimum absolute atomic E-state index is 0.133. The number of nitrogens with zero attached hydrogens (tertiary/aromatic N) is 2. The molecule has 0 bridgehead atoms. The van der Waals surface area contributed by atoms with E-state index in [0.29, 0.717) is 6.54 Å². The topological polar surface area (TPSA) is 53.4 Å². The lowest BCUT2D eigenvalue weighted by Crippen LogP contribution is -2.25. The molecule has 1 aromatic heterocycles. The summed E-state index contributed by atoms with van der Waals surface area (Å²) in [6, 6.07) is 3.93. The molecule has 1 aromatic rings. The third kappa shape index (κ3) is 3.51. The Morgan fingerprint density at radius 2 is 2.29 bits per heavy atom. The molecule has 130 valence electrons. The van der Waals surface area contributed by atoms with Gasteiger partial charge in [0, 0.05) is 12.7 Å². The van der Waals surface area contributed by atoms with Gasteiger partial charge in [-0.1, -0.05) is 32.7 Å². The highest BCUT2D eigenvalue weighted by molar-refractivity contribution is 8.03. The predicted molar refractivity (Wildman–Crippen MR) is 101 cm³/mol. The molecule has 0 radical (unpaired) electrons. The molecule has 0 aromatic carbocycles. The standard InChI is InChI=1S/C18H24N2O2S2/c1-18(2)7-6-13-12(9-18)14(17(21)22)16(24-13)15-11(10-20(3)23)5-4-8-19-15/h4-5,8,14,16,23H,6-7,9-10H2,1-3H3,(H,21,22). The third-order valence-electron chi connectivity index (χ3n) is 4.86. The Labute approximate surface area is 153 Å². The van der Waals surface area contributed by atoms with Gasteiger partial charge in [0.15, 0.2) is 0 Å². The second-order valence-corrected chi connectivity index (χ2v) is 9.43. The molecule has 2 aliphatic rings. The van der Waals surface area contributed by atoms with Crippen LogP contribution in [0.15, 0.2) is 28.8 Å². The Bertz CT molecular complexity index is 685. The Hall–Kier alpha value is -0.980. The van der Waals surface area contributed by atoms with E-state index < -0.39 is 11.9 Å². The summed E-state index contributed by atoms with van der Waals surface area (Å²) in [6.07, 6.45) is 4.74. The van der Waals surface area contributed by atoms with Gasteiger partial charge in [0.25, 0.3) is 0 Å². The molecule has 0 saturated carbocycles. The Morgan fingerprint density at radius 1 is 1.54 bits per heavy atom. The summed E-state index contributed by atoms with van der Waals surface area (Å²) in [7, 11) is 1.89. The smallest absolute Gasteiger partial charge is 0.312 e. The summed E-state index contributed by atoms with van der Waals surface area (Å²) >= 11 is 6.06. The van der Waals surface area contributed by atoms with Crippen molar-refractivity contribution < 1.29 is 9.90 Å². The molecule has 2 atom stereocenters. The van der Waals surface area contributed by atoms with Crippen molar-refractivity contribution in [3.63, 3.8) is 0 Å². The molecular formula is C18H24N2O2S2. The number of rotatable bonds is 4. The van der Waals surface area contributed by atoms with Crippen LogP contribution in [0.1, 0.15) is 49.6 Å². The van der Waals surface area contributed by atoms with Crippen molar-refractivity contribution in [3.8, 4) is 0 Å². The summed E-state index contributed by atoms with van der Waals surface area (Å²) in [5.41, 5.74) is 3.26. The fourth-order valence-corrected chi connectivity index (χ4v) is 5.49. The lowest BCUT2D eigenvalue weighted by Gasteiger charge is -2.31. The second-order valence-electron chi connectivity index (χ2n) is 7.51. The monoisotopic (exact) mass is 364 g/mol. The van der Waals surface area contributed by atoms with Crippen molar-refractivity contribution in [2.45, 2.75) is 44.9 Å². The van der Waals surface area contributed by atoms with Crippen LogP contribution < -0.4 is 0 Å². The first-order valence-corrected chi connectivity index (χ1v) is 9.51. The van der Waals surface area contributed by atoms with E-state index in [1.54, 1.807) is 22.3 Å². The molecule has 0 spiro atoms. The number of hydrogen-bond donors (Lipinski definition) is 2. The molecule has 24 heavy (non-hydrogen) atoms. The average Bonchev–Trinajstić information content (AvgIpc) is 2.84. The summed E-state index contributed by atoms with van der Waals surface area (Å²) in [4.78, 5) is 17.9. The minimum atomic E-state index is -0.731. The Morgan fingerprint density at radius 3 is 2.96 bits per heavy atom. The average molecular weight is 365 g/mol. The molecule has 3 rings (SSSR count). The fraction of sp³-hybridized carbons (Fsp3) is 0.556. The first-order chi connectivity index (χ1) is 11.3. The van der Waals surface area contributed by atoms with Crippen LogP contribution >= 0.6 is 24.6 Å². The predicted octanol–water partition coefficient (Wildman–Crippen LogP) is 4.31. The molecule has 0 fully saturated rings. The number of allylic oxidation sites excluding steroid dienone is 1. The highest BCUT2D eigenvalue weighted by Gasteiger charge is 2.46. The number of thiol groups is 1. The van der Waals surface area contributed by atoms with Crippen molar-refractivity contribution in [3.05, 3.63) is 40.1 Å². The summed E-state index contributed by atoms with van der Waals surface area (Å²) < 4.78 is 1.80. The quantitative estimate of drug-likeness (QED) is 0.780. The second kappa shape index (κ2) is 6.73. The number of aliphatic carboxylic acids is 1.